The van der Waals surface area contributed by atoms with Crippen molar-refractivity contribution in [3.8, 4) is 0 Å². The summed E-state index contributed by atoms with van der Waals surface area (Å²) in [6.07, 6.45) is 1.16. The number of hydrogen-bond donors (Lipinski definition) is 2. The molecule has 0 atom stereocenters. The van der Waals surface area contributed by atoms with Crippen LogP contribution in [0.4, 0.5) is 5.69 Å². The molecule has 3 rings (SSSR count). The van der Waals surface area contributed by atoms with Crippen LogP contribution in [0.3, 0.4) is 0 Å². The molecule has 0 radical (unpaired) electrons. The minimum atomic E-state index is -0.642. The molecule has 8 nitrogen and oxygen atoms in total. The maximum atomic E-state index is 12.7. The van der Waals surface area contributed by atoms with Crippen molar-refractivity contribution in [2.24, 2.45) is 0 Å². The molecule has 0 bridgehead atoms. The zero-order chi connectivity index (χ0) is 19.4. The molecule has 2 aromatic rings. The second kappa shape index (κ2) is 8.00. The summed E-state index contributed by atoms with van der Waals surface area (Å²) in [5.41, 5.74) is 0.146. The molecule has 1 aliphatic carbocycles. The first-order valence-corrected chi connectivity index (χ1v) is 9.00. The Kier molecular flexibility index (Phi) is 5.51. The number of amides is 2. The lowest BCUT2D eigenvalue weighted by Gasteiger charge is -2.11. The molecule has 1 aromatic heterocycles. The van der Waals surface area contributed by atoms with Gasteiger partial charge in [0.05, 0.1) is 4.91 Å². The second-order valence-electron chi connectivity index (χ2n) is 5.59. The highest BCUT2D eigenvalue weighted by molar-refractivity contribution is 8.04. The number of aromatic nitrogens is 1. The Balaban J connectivity index is 1.78. The first-order valence-electron chi connectivity index (χ1n) is 8.01. The molecule has 9 heteroatoms. The van der Waals surface area contributed by atoms with E-state index in [2.05, 4.69) is 15.8 Å². The van der Waals surface area contributed by atoms with Crippen molar-refractivity contribution < 1.29 is 23.7 Å². The van der Waals surface area contributed by atoms with Gasteiger partial charge in [0, 0.05) is 31.0 Å². The van der Waals surface area contributed by atoms with Gasteiger partial charge in [0.15, 0.2) is 5.69 Å². The third-order valence-electron chi connectivity index (χ3n) is 3.61. The molecule has 0 spiro atoms. The van der Waals surface area contributed by atoms with Gasteiger partial charge in [-0.3, -0.25) is 19.2 Å². The highest BCUT2D eigenvalue weighted by Crippen LogP contribution is 2.30. The van der Waals surface area contributed by atoms with Gasteiger partial charge in [0.2, 0.25) is 23.2 Å². The topological polar surface area (TPSA) is 118 Å². The van der Waals surface area contributed by atoms with Crippen molar-refractivity contribution >= 4 is 40.8 Å². The van der Waals surface area contributed by atoms with E-state index in [-0.39, 0.29) is 27.8 Å². The molecule has 1 heterocycles. The molecule has 0 fully saturated rings. The van der Waals surface area contributed by atoms with Gasteiger partial charge in [-0.1, -0.05) is 23.4 Å². The zero-order valence-electron chi connectivity index (χ0n) is 14.3. The van der Waals surface area contributed by atoms with Crippen LogP contribution < -0.4 is 10.6 Å². The Morgan fingerprint density at radius 2 is 1.93 bits per heavy atom. The summed E-state index contributed by atoms with van der Waals surface area (Å²) in [6, 6.07) is 8.65. The molecule has 2 amide bonds. The molecular weight excluding hydrogens is 370 g/mol. The van der Waals surface area contributed by atoms with Crippen molar-refractivity contribution in [2.75, 3.05) is 17.6 Å². The fraction of sp³-hybridized carbons (Fsp3) is 0.167. The average Bonchev–Trinajstić information content (AvgIpc) is 3.09. The lowest BCUT2D eigenvalue weighted by atomic mass is 9.99. The number of nitrogens with one attached hydrogen (secondary N) is 2. The highest BCUT2D eigenvalue weighted by Gasteiger charge is 2.36. The number of para-hydroxylation sites is 1. The van der Waals surface area contributed by atoms with Gasteiger partial charge < -0.3 is 15.2 Å². The number of hydrogen-bond acceptors (Lipinski definition) is 7. The van der Waals surface area contributed by atoms with Crippen LogP contribution in [0.2, 0.25) is 0 Å². The minimum absolute atomic E-state index is 0.141. The van der Waals surface area contributed by atoms with Crippen molar-refractivity contribution in [3.63, 3.8) is 0 Å². The van der Waals surface area contributed by atoms with Crippen LogP contribution in [0.1, 0.15) is 38.3 Å². The number of benzene rings is 1. The lowest BCUT2D eigenvalue weighted by molar-refractivity contribution is -0.118. The normalized spacial score (nSPS) is 13.0. The van der Waals surface area contributed by atoms with E-state index in [0.717, 1.165) is 17.8 Å². The van der Waals surface area contributed by atoms with E-state index in [1.807, 2.05) is 0 Å². The van der Waals surface area contributed by atoms with Gasteiger partial charge >= 0.3 is 0 Å². The van der Waals surface area contributed by atoms with Gasteiger partial charge in [0.1, 0.15) is 5.56 Å². The van der Waals surface area contributed by atoms with E-state index in [1.165, 1.54) is 6.92 Å². The predicted molar refractivity (Wildman–Crippen MR) is 98.8 cm³/mol. The quantitative estimate of drug-likeness (QED) is 0.731. The fourth-order valence-electron chi connectivity index (χ4n) is 2.40. The van der Waals surface area contributed by atoms with Crippen LogP contribution in [-0.2, 0) is 4.79 Å². The number of nitrogens with zero attached hydrogens (tertiary/aromatic N) is 1. The Morgan fingerprint density at radius 1 is 1.19 bits per heavy atom. The first kappa shape index (κ1) is 18.6. The molecular formula is C18H15N3O5S. The van der Waals surface area contributed by atoms with Crippen molar-refractivity contribution in [1.29, 1.82) is 0 Å². The Labute approximate surface area is 158 Å². The largest absolute Gasteiger partial charge is 0.356 e. The Bertz CT molecular complexity index is 949. The summed E-state index contributed by atoms with van der Waals surface area (Å²) in [4.78, 5) is 48.5. The molecule has 0 saturated heterocycles. The number of rotatable bonds is 6. The molecule has 1 aromatic carbocycles. The molecule has 1 aliphatic rings. The molecule has 0 unspecified atom stereocenters. The van der Waals surface area contributed by atoms with Crippen molar-refractivity contribution in [3.05, 3.63) is 58.3 Å². The van der Waals surface area contributed by atoms with Gasteiger partial charge in [-0.2, -0.15) is 0 Å². The van der Waals surface area contributed by atoms with Gasteiger partial charge in [-0.15, -0.1) is 11.8 Å². The number of carbonyl (C=O) groups is 4. The predicted octanol–water partition coefficient (Wildman–Crippen LogP) is 2.06. The summed E-state index contributed by atoms with van der Waals surface area (Å²) in [6.45, 7) is 1.73. The van der Waals surface area contributed by atoms with Crippen LogP contribution >= 0.6 is 11.8 Å². The average molecular weight is 385 g/mol. The van der Waals surface area contributed by atoms with Crippen LogP contribution in [-0.4, -0.2) is 40.8 Å². The zero-order valence-corrected chi connectivity index (χ0v) is 15.1. The van der Waals surface area contributed by atoms with E-state index < -0.39 is 17.5 Å². The molecule has 0 saturated carbocycles. The molecule has 0 aliphatic heterocycles. The minimum Gasteiger partial charge on any atom is -0.356 e. The number of ketones is 2. The number of carbonyl (C=O) groups excluding carboxylic acids is 4. The van der Waals surface area contributed by atoms with E-state index >= 15 is 0 Å². The maximum Gasteiger partial charge on any atom is 0.278 e. The maximum absolute atomic E-state index is 12.7. The lowest BCUT2D eigenvalue weighted by Crippen LogP contribution is -2.23. The second-order valence-corrected chi connectivity index (χ2v) is 6.73. The third kappa shape index (κ3) is 4.14. The molecule has 27 heavy (non-hydrogen) atoms. The van der Waals surface area contributed by atoms with Gasteiger partial charge in [-0.25, -0.2) is 0 Å². The Morgan fingerprint density at radius 3 is 2.63 bits per heavy atom. The third-order valence-corrected chi connectivity index (χ3v) is 4.63. The smallest absolute Gasteiger partial charge is 0.278 e. The first-order chi connectivity index (χ1) is 13.0. The van der Waals surface area contributed by atoms with Crippen molar-refractivity contribution in [2.45, 2.75) is 6.92 Å². The van der Waals surface area contributed by atoms with E-state index in [9.17, 15) is 19.2 Å². The fourth-order valence-corrected chi connectivity index (χ4v) is 3.25. The van der Waals surface area contributed by atoms with Crippen LogP contribution in [0.5, 0.6) is 0 Å². The van der Waals surface area contributed by atoms with E-state index in [4.69, 9.17) is 4.52 Å². The van der Waals surface area contributed by atoms with Crippen molar-refractivity contribution in [1.82, 2.24) is 10.5 Å². The van der Waals surface area contributed by atoms with Gasteiger partial charge in [0.25, 0.3) is 5.91 Å². The molecule has 2 N–H and O–H groups in total. The highest BCUT2D eigenvalue weighted by atomic mass is 32.2. The van der Waals surface area contributed by atoms with Crippen LogP contribution in [0.15, 0.2) is 45.8 Å². The number of fused-ring (bicyclic) bond motifs is 1. The number of allylic oxidation sites excluding steroid dienone is 2. The summed E-state index contributed by atoms with van der Waals surface area (Å²) in [7, 11) is 0. The van der Waals surface area contributed by atoms with Crippen LogP contribution in [0.25, 0.3) is 0 Å². The van der Waals surface area contributed by atoms with Crippen LogP contribution in [0, 0.1) is 0 Å². The SMILES string of the molecule is CC(=O)NCCSC1=CC(=O)c2onc(C(=O)Nc3ccccc3)c2C1=O. The number of thioether (sulfide) groups is 1. The monoisotopic (exact) mass is 385 g/mol. The van der Waals surface area contributed by atoms with Gasteiger partial charge in [-0.05, 0) is 12.1 Å². The molecule has 138 valence electrons. The van der Waals surface area contributed by atoms with E-state index in [0.29, 0.717) is 18.0 Å². The summed E-state index contributed by atoms with van der Waals surface area (Å²) in [5, 5.41) is 8.84. The summed E-state index contributed by atoms with van der Waals surface area (Å²) < 4.78 is 4.94. The van der Waals surface area contributed by atoms with E-state index in [1.54, 1.807) is 30.3 Å². The number of anilines is 1. The number of Topliss-reactive ketones (excluding diaryl/α,β-unsaturated/α-hetero) is 1. The standard InChI is InChI=1S/C18H15N3O5S/c1-10(22)19-7-8-27-13-9-12(23)17-14(16(13)24)15(21-26-17)18(25)20-11-5-3-2-4-6-11/h2-6,9H,7-8H2,1H3,(H,19,22)(H,20,25). The Hall–Kier alpha value is -3.20. The summed E-state index contributed by atoms with van der Waals surface area (Å²) >= 11 is 1.12. The summed E-state index contributed by atoms with van der Waals surface area (Å²) in [5.74, 6) is -1.70.